The molecule has 6 nitrogen and oxygen atoms in total. The predicted octanol–water partition coefficient (Wildman–Crippen LogP) is 3.55. The van der Waals surface area contributed by atoms with E-state index in [-0.39, 0.29) is 29.9 Å². The molecule has 0 bridgehead atoms. The van der Waals surface area contributed by atoms with Gasteiger partial charge in [-0.25, -0.2) is 0 Å². The predicted molar refractivity (Wildman–Crippen MR) is 98.4 cm³/mol. The van der Waals surface area contributed by atoms with Crippen molar-refractivity contribution in [1.29, 1.82) is 0 Å². The van der Waals surface area contributed by atoms with Crippen LogP contribution in [0.2, 0.25) is 0 Å². The minimum Gasteiger partial charge on any atom is -0.493 e. The van der Waals surface area contributed by atoms with E-state index in [0.29, 0.717) is 37.2 Å². The molecule has 1 aromatic carbocycles. The maximum atomic E-state index is 12.5. The number of methoxy groups -OCH3 is 1. The first-order valence-corrected chi connectivity index (χ1v) is 9.19. The maximum Gasteiger partial charge on any atom is 0.306 e. The molecular weight excluding hydrogens is 334 g/mol. The lowest BCUT2D eigenvalue weighted by Crippen LogP contribution is -2.35. The Morgan fingerprint density at radius 2 is 1.69 bits per heavy atom. The van der Waals surface area contributed by atoms with E-state index in [1.165, 1.54) is 0 Å². The van der Waals surface area contributed by atoms with Crippen LogP contribution in [-0.4, -0.2) is 30.2 Å². The number of hydrogen-bond acceptors (Lipinski definition) is 4. The van der Waals surface area contributed by atoms with Crippen LogP contribution in [-0.2, 0) is 9.59 Å². The second-order valence-corrected chi connectivity index (χ2v) is 7.19. The number of rotatable bonds is 7. The van der Waals surface area contributed by atoms with Crippen LogP contribution in [0.3, 0.4) is 0 Å². The quantitative estimate of drug-likeness (QED) is 0.774. The lowest BCUT2D eigenvalue weighted by atomic mass is 9.81. The fraction of sp³-hybridized carbons (Fsp3) is 0.600. The molecule has 1 unspecified atom stereocenters. The van der Waals surface area contributed by atoms with Gasteiger partial charge in [-0.2, -0.15) is 0 Å². The summed E-state index contributed by atoms with van der Waals surface area (Å²) in [5, 5.41) is 12.1. The Hall–Kier alpha value is -2.24. The van der Waals surface area contributed by atoms with Crippen molar-refractivity contribution in [2.45, 2.75) is 58.6 Å². The van der Waals surface area contributed by atoms with Crippen molar-refractivity contribution in [1.82, 2.24) is 5.32 Å². The average Bonchev–Trinajstić information content (AvgIpc) is 2.61. The molecule has 1 atom stereocenters. The van der Waals surface area contributed by atoms with E-state index in [2.05, 4.69) is 5.32 Å². The molecule has 2 rings (SSSR count). The van der Waals surface area contributed by atoms with Gasteiger partial charge >= 0.3 is 5.97 Å². The van der Waals surface area contributed by atoms with Crippen LogP contribution >= 0.6 is 0 Å². The highest BCUT2D eigenvalue weighted by atomic mass is 16.5. The fourth-order valence-electron chi connectivity index (χ4n) is 3.32. The highest BCUT2D eigenvalue weighted by Crippen LogP contribution is 2.32. The Morgan fingerprint density at radius 3 is 2.23 bits per heavy atom. The molecule has 6 heteroatoms. The van der Waals surface area contributed by atoms with Gasteiger partial charge < -0.3 is 19.9 Å². The zero-order chi connectivity index (χ0) is 19.3. The van der Waals surface area contributed by atoms with Crippen LogP contribution in [0.5, 0.6) is 11.5 Å². The van der Waals surface area contributed by atoms with Crippen molar-refractivity contribution < 1.29 is 24.2 Å². The number of carbonyl (C=O) groups is 2. The van der Waals surface area contributed by atoms with Crippen LogP contribution in [0, 0.1) is 11.8 Å². The molecule has 2 N–H and O–H groups in total. The molecule has 144 valence electrons. The van der Waals surface area contributed by atoms with Crippen LogP contribution in [0.25, 0.3) is 0 Å². The number of carbonyl (C=O) groups excluding carboxylic acids is 1. The minimum absolute atomic E-state index is 0.0113. The molecule has 1 saturated carbocycles. The normalized spacial score (nSPS) is 21.1. The van der Waals surface area contributed by atoms with Gasteiger partial charge in [-0.1, -0.05) is 6.07 Å². The summed E-state index contributed by atoms with van der Waals surface area (Å²) in [6, 6.07) is 5.49. The second-order valence-electron chi connectivity index (χ2n) is 7.19. The molecule has 0 aliphatic heterocycles. The summed E-state index contributed by atoms with van der Waals surface area (Å²) < 4.78 is 11.1. The third-order valence-electron chi connectivity index (χ3n) is 4.86. The summed E-state index contributed by atoms with van der Waals surface area (Å²) in [6.45, 7) is 5.84. The largest absolute Gasteiger partial charge is 0.493 e. The number of benzene rings is 1. The number of ether oxygens (including phenoxy) is 2. The summed E-state index contributed by atoms with van der Waals surface area (Å²) in [5.41, 5.74) is 0.936. The average molecular weight is 363 g/mol. The van der Waals surface area contributed by atoms with E-state index in [9.17, 15) is 9.59 Å². The van der Waals surface area contributed by atoms with E-state index in [4.69, 9.17) is 14.6 Å². The number of amides is 1. The van der Waals surface area contributed by atoms with Crippen molar-refractivity contribution >= 4 is 11.9 Å². The third-order valence-corrected chi connectivity index (χ3v) is 4.86. The zero-order valence-electron chi connectivity index (χ0n) is 16.0. The standard InChI is InChI=1S/C20H29NO5/c1-12(2)26-17-10-9-16(11-18(17)25-4)13(3)21-19(22)14-5-7-15(8-6-14)20(23)24/h9-15H,5-8H2,1-4H3,(H,21,22)(H,23,24). The summed E-state index contributed by atoms with van der Waals surface area (Å²) in [6.07, 6.45) is 2.43. The fourth-order valence-corrected chi connectivity index (χ4v) is 3.32. The Kier molecular flexibility index (Phi) is 6.89. The number of aliphatic carboxylic acids is 1. The summed E-state index contributed by atoms with van der Waals surface area (Å²) >= 11 is 0. The second kappa shape index (κ2) is 8.92. The number of carboxylic acid groups (broad SMARTS) is 1. The lowest BCUT2D eigenvalue weighted by molar-refractivity contribution is -0.144. The Labute approximate surface area is 154 Å². The molecule has 0 spiro atoms. The molecule has 1 fully saturated rings. The third kappa shape index (κ3) is 5.13. The highest BCUT2D eigenvalue weighted by molar-refractivity contribution is 5.79. The van der Waals surface area contributed by atoms with Crippen LogP contribution in [0.15, 0.2) is 18.2 Å². The van der Waals surface area contributed by atoms with E-state index in [1.807, 2.05) is 39.0 Å². The number of hydrogen-bond donors (Lipinski definition) is 2. The van der Waals surface area contributed by atoms with E-state index < -0.39 is 5.97 Å². The van der Waals surface area contributed by atoms with Gasteiger partial charge in [-0.3, -0.25) is 9.59 Å². The van der Waals surface area contributed by atoms with E-state index >= 15 is 0 Å². The monoisotopic (exact) mass is 363 g/mol. The highest BCUT2D eigenvalue weighted by Gasteiger charge is 2.30. The first-order valence-electron chi connectivity index (χ1n) is 9.19. The van der Waals surface area contributed by atoms with E-state index in [1.54, 1.807) is 7.11 Å². The van der Waals surface area contributed by atoms with Crippen LogP contribution in [0.1, 0.15) is 58.1 Å². The molecular formula is C20H29NO5. The molecule has 1 amide bonds. The van der Waals surface area contributed by atoms with E-state index in [0.717, 1.165) is 5.56 Å². The SMILES string of the molecule is COc1cc(C(C)NC(=O)C2CCC(C(=O)O)CC2)ccc1OC(C)C. The van der Waals surface area contributed by atoms with Crippen LogP contribution < -0.4 is 14.8 Å². The summed E-state index contributed by atoms with van der Waals surface area (Å²) in [4.78, 5) is 23.5. The van der Waals surface area contributed by atoms with Gasteiger partial charge in [0.25, 0.3) is 0 Å². The van der Waals surface area contributed by atoms with Crippen molar-refractivity contribution in [2.24, 2.45) is 11.8 Å². The molecule has 0 heterocycles. The smallest absolute Gasteiger partial charge is 0.306 e. The Balaban J connectivity index is 1.97. The Bertz CT molecular complexity index is 635. The van der Waals surface area contributed by atoms with Gasteiger partial charge in [0.05, 0.1) is 25.2 Å². The van der Waals surface area contributed by atoms with Gasteiger partial charge in [0, 0.05) is 5.92 Å². The van der Waals surface area contributed by atoms with Gasteiger partial charge in [0.15, 0.2) is 11.5 Å². The minimum atomic E-state index is -0.756. The number of nitrogens with one attached hydrogen (secondary N) is 1. The summed E-state index contributed by atoms with van der Waals surface area (Å²) in [7, 11) is 1.59. The zero-order valence-corrected chi connectivity index (χ0v) is 16.0. The van der Waals surface area contributed by atoms with Gasteiger partial charge in [-0.05, 0) is 64.2 Å². The molecule has 1 aromatic rings. The first kappa shape index (κ1) is 20.1. The van der Waals surface area contributed by atoms with Crippen molar-refractivity contribution in [3.8, 4) is 11.5 Å². The van der Waals surface area contributed by atoms with Gasteiger partial charge in [0.1, 0.15) is 0 Å². The topological polar surface area (TPSA) is 84.9 Å². The number of carboxylic acids is 1. The molecule has 0 saturated heterocycles. The Morgan fingerprint density at radius 1 is 1.08 bits per heavy atom. The van der Waals surface area contributed by atoms with Crippen molar-refractivity contribution in [2.75, 3.05) is 7.11 Å². The van der Waals surface area contributed by atoms with Gasteiger partial charge in [0.2, 0.25) is 5.91 Å². The lowest BCUT2D eigenvalue weighted by Gasteiger charge is -2.27. The van der Waals surface area contributed by atoms with Gasteiger partial charge in [-0.15, -0.1) is 0 Å². The van der Waals surface area contributed by atoms with Crippen molar-refractivity contribution in [3.05, 3.63) is 23.8 Å². The molecule has 26 heavy (non-hydrogen) atoms. The summed E-state index contributed by atoms with van der Waals surface area (Å²) in [5.74, 6) is 0.125. The first-order chi connectivity index (χ1) is 12.3. The molecule has 0 aromatic heterocycles. The molecule has 1 aliphatic rings. The molecule has 0 radical (unpaired) electrons. The van der Waals surface area contributed by atoms with Crippen molar-refractivity contribution in [3.63, 3.8) is 0 Å². The maximum absolute atomic E-state index is 12.5. The molecule has 1 aliphatic carbocycles. The van der Waals surface area contributed by atoms with Crippen LogP contribution in [0.4, 0.5) is 0 Å².